The number of urea groups is 1. The van der Waals surface area contributed by atoms with E-state index in [1.54, 1.807) is 35.6 Å². The fourth-order valence-electron chi connectivity index (χ4n) is 1.93. The highest BCUT2D eigenvalue weighted by molar-refractivity contribution is 7.07. The van der Waals surface area contributed by atoms with Crippen LogP contribution in [0.3, 0.4) is 0 Å². The predicted octanol–water partition coefficient (Wildman–Crippen LogP) is 3.39. The lowest BCUT2D eigenvalue weighted by Gasteiger charge is -2.11. The molecule has 0 saturated carbocycles. The van der Waals surface area contributed by atoms with Crippen LogP contribution in [0.25, 0.3) is 0 Å². The molecule has 2 amide bonds. The van der Waals surface area contributed by atoms with E-state index in [-0.39, 0.29) is 6.03 Å². The zero-order valence-electron chi connectivity index (χ0n) is 12.4. The van der Waals surface area contributed by atoms with Crippen LogP contribution >= 0.6 is 11.3 Å². The molecule has 1 aromatic heterocycles. The summed E-state index contributed by atoms with van der Waals surface area (Å²) >= 11 is 1.54. The topological polar surface area (TPSA) is 70.6 Å². The first-order valence-electron chi connectivity index (χ1n) is 7.17. The maximum absolute atomic E-state index is 11.8. The molecule has 1 aromatic carbocycles. The van der Waals surface area contributed by atoms with Crippen molar-refractivity contribution >= 4 is 23.1 Å². The van der Waals surface area contributed by atoms with E-state index < -0.39 is 6.10 Å². The van der Waals surface area contributed by atoms with Crippen LogP contribution in [0.2, 0.25) is 0 Å². The Morgan fingerprint density at radius 3 is 2.73 bits per heavy atom. The lowest BCUT2D eigenvalue weighted by Crippen LogP contribution is -2.30. The Balaban J connectivity index is 1.71. The minimum atomic E-state index is -0.544. The summed E-state index contributed by atoms with van der Waals surface area (Å²) in [5.74, 6) is 0.771. The molecule has 3 N–H and O–H groups in total. The second-order valence-corrected chi connectivity index (χ2v) is 5.48. The van der Waals surface area contributed by atoms with Crippen LogP contribution in [-0.2, 0) is 0 Å². The fraction of sp³-hybridized carbons (Fsp3) is 0.312. The highest BCUT2D eigenvalue weighted by atomic mass is 32.1. The molecule has 0 aliphatic heterocycles. The summed E-state index contributed by atoms with van der Waals surface area (Å²) in [6, 6.07) is 8.77. The van der Waals surface area contributed by atoms with Gasteiger partial charge in [0.05, 0.1) is 12.7 Å². The van der Waals surface area contributed by atoms with Gasteiger partial charge in [0.1, 0.15) is 5.75 Å². The lowest BCUT2D eigenvalue weighted by atomic mass is 10.1. The molecule has 0 aliphatic rings. The van der Waals surface area contributed by atoms with Crippen molar-refractivity contribution in [2.45, 2.75) is 19.4 Å². The smallest absolute Gasteiger partial charge is 0.319 e. The first-order chi connectivity index (χ1) is 10.7. The van der Waals surface area contributed by atoms with Gasteiger partial charge in [-0.25, -0.2) is 4.79 Å². The van der Waals surface area contributed by atoms with Gasteiger partial charge in [0.2, 0.25) is 0 Å². The van der Waals surface area contributed by atoms with Gasteiger partial charge < -0.3 is 20.5 Å². The van der Waals surface area contributed by atoms with Crippen molar-refractivity contribution in [2.24, 2.45) is 0 Å². The minimum absolute atomic E-state index is 0.290. The number of anilines is 1. The molecule has 0 aliphatic carbocycles. The molecule has 6 heteroatoms. The zero-order chi connectivity index (χ0) is 15.8. The lowest BCUT2D eigenvalue weighted by molar-refractivity contribution is 0.168. The van der Waals surface area contributed by atoms with E-state index in [2.05, 4.69) is 10.6 Å². The van der Waals surface area contributed by atoms with E-state index in [4.69, 9.17) is 4.74 Å². The van der Waals surface area contributed by atoms with Gasteiger partial charge in [0, 0.05) is 12.2 Å². The molecule has 0 fully saturated rings. The van der Waals surface area contributed by atoms with Gasteiger partial charge in [0.15, 0.2) is 0 Å². The van der Waals surface area contributed by atoms with Gasteiger partial charge in [0.25, 0.3) is 0 Å². The third kappa shape index (κ3) is 5.05. The van der Waals surface area contributed by atoms with Crippen molar-refractivity contribution in [2.75, 3.05) is 18.5 Å². The van der Waals surface area contributed by atoms with Crippen LogP contribution < -0.4 is 15.4 Å². The van der Waals surface area contributed by atoms with E-state index in [0.29, 0.717) is 25.3 Å². The Labute approximate surface area is 133 Å². The summed E-state index contributed by atoms with van der Waals surface area (Å²) in [6.07, 6.45) is -0.0648. The average molecular weight is 320 g/mol. The fourth-order valence-corrected chi connectivity index (χ4v) is 2.64. The standard InChI is InChI=1S/C16H20N2O3S/c1-2-21-14-5-3-13(4-6-14)18-16(20)17-9-7-15(19)12-8-10-22-11-12/h3-6,8,10-11,15,19H,2,7,9H2,1H3,(H2,17,18,20)/t15-/m1/s1. The number of aliphatic hydroxyl groups excluding tert-OH is 1. The number of benzene rings is 1. The van der Waals surface area contributed by atoms with Crippen molar-refractivity contribution in [1.29, 1.82) is 0 Å². The van der Waals surface area contributed by atoms with Gasteiger partial charge >= 0.3 is 6.03 Å². The molecular weight excluding hydrogens is 300 g/mol. The van der Waals surface area contributed by atoms with Crippen LogP contribution in [0.15, 0.2) is 41.1 Å². The monoisotopic (exact) mass is 320 g/mol. The number of thiophene rings is 1. The average Bonchev–Trinajstić information content (AvgIpc) is 3.04. The summed E-state index contributed by atoms with van der Waals surface area (Å²) in [5, 5.41) is 19.2. The van der Waals surface area contributed by atoms with E-state index in [1.165, 1.54) is 0 Å². The van der Waals surface area contributed by atoms with Crippen molar-refractivity contribution in [1.82, 2.24) is 5.32 Å². The number of aliphatic hydroxyl groups is 1. The maximum atomic E-state index is 11.8. The van der Waals surface area contributed by atoms with E-state index >= 15 is 0 Å². The number of carbonyl (C=O) groups is 1. The quantitative estimate of drug-likeness (QED) is 0.732. The Hall–Kier alpha value is -2.05. The van der Waals surface area contributed by atoms with E-state index in [0.717, 1.165) is 11.3 Å². The summed E-state index contributed by atoms with van der Waals surface area (Å²) in [7, 11) is 0. The Bertz CT molecular complexity index is 570. The molecule has 0 bridgehead atoms. The van der Waals surface area contributed by atoms with Crippen LogP contribution in [-0.4, -0.2) is 24.3 Å². The van der Waals surface area contributed by atoms with Gasteiger partial charge in [-0.15, -0.1) is 0 Å². The van der Waals surface area contributed by atoms with Crippen LogP contribution in [0, 0.1) is 0 Å². The zero-order valence-corrected chi connectivity index (χ0v) is 13.2. The van der Waals surface area contributed by atoms with Crippen LogP contribution in [0.1, 0.15) is 25.0 Å². The van der Waals surface area contributed by atoms with Gasteiger partial charge in [-0.3, -0.25) is 0 Å². The van der Waals surface area contributed by atoms with Crippen molar-refractivity contribution in [3.05, 3.63) is 46.7 Å². The first-order valence-corrected chi connectivity index (χ1v) is 8.11. The van der Waals surface area contributed by atoms with Crippen LogP contribution in [0.5, 0.6) is 5.75 Å². The molecule has 0 spiro atoms. The number of nitrogens with one attached hydrogen (secondary N) is 2. The van der Waals surface area contributed by atoms with Gasteiger partial charge in [-0.1, -0.05) is 0 Å². The van der Waals surface area contributed by atoms with Crippen molar-refractivity contribution in [3.63, 3.8) is 0 Å². The first kappa shape index (κ1) is 16.3. The third-order valence-electron chi connectivity index (χ3n) is 3.05. The normalized spacial score (nSPS) is 11.7. The number of amides is 2. The van der Waals surface area contributed by atoms with Crippen molar-refractivity contribution in [3.8, 4) is 5.75 Å². The number of rotatable bonds is 7. The molecule has 1 heterocycles. The Kier molecular flexibility index (Phi) is 6.24. The molecule has 22 heavy (non-hydrogen) atoms. The summed E-state index contributed by atoms with van der Waals surface area (Å²) in [6.45, 7) is 2.93. The molecule has 2 aromatic rings. The Morgan fingerprint density at radius 1 is 1.32 bits per heavy atom. The molecule has 2 rings (SSSR count). The highest BCUT2D eigenvalue weighted by Crippen LogP contribution is 2.18. The SMILES string of the molecule is CCOc1ccc(NC(=O)NCC[C@@H](O)c2ccsc2)cc1. The molecule has 5 nitrogen and oxygen atoms in total. The van der Waals surface area contributed by atoms with E-state index in [1.807, 2.05) is 23.8 Å². The molecule has 1 atom stereocenters. The number of hydrogen-bond acceptors (Lipinski definition) is 4. The summed E-state index contributed by atoms with van der Waals surface area (Å²) < 4.78 is 5.34. The molecule has 0 radical (unpaired) electrons. The van der Waals surface area contributed by atoms with Crippen LogP contribution in [0.4, 0.5) is 10.5 Å². The van der Waals surface area contributed by atoms with Gasteiger partial charge in [-0.2, -0.15) is 11.3 Å². The number of hydrogen-bond donors (Lipinski definition) is 3. The molecule has 0 unspecified atom stereocenters. The van der Waals surface area contributed by atoms with Crippen molar-refractivity contribution < 1.29 is 14.6 Å². The summed E-state index contributed by atoms with van der Waals surface area (Å²) in [4.78, 5) is 11.8. The highest BCUT2D eigenvalue weighted by Gasteiger charge is 2.08. The second-order valence-electron chi connectivity index (χ2n) is 4.70. The minimum Gasteiger partial charge on any atom is -0.494 e. The maximum Gasteiger partial charge on any atom is 0.319 e. The predicted molar refractivity (Wildman–Crippen MR) is 88.5 cm³/mol. The molecule has 118 valence electrons. The second kappa shape index (κ2) is 8.41. The van der Waals surface area contributed by atoms with E-state index in [9.17, 15) is 9.90 Å². The number of carbonyl (C=O) groups excluding carboxylic acids is 1. The third-order valence-corrected chi connectivity index (χ3v) is 3.76. The summed E-state index contributed by atoms with van der Waals surface area (Å²) in [5.41, 5.74) is 1.58. The molecule has 0 saturated heterocycles. The largest absolute Gasteiger partial charge is 0.494 e. The number of ether oxygens (including phenoxy) is 1. The van der Waals surface area contributed by atoms with Gasteiger partial charge in [-0.05, 0) is 60.0 Å². The molecular formula is C16H20N2O3S. The Morgan fingerprint density at radius 2 is 2.09 bits per heavy atom.